The molecule has 40 heavy (non-hydrogen) atoms. The molecule has 0 saturated carbocycles. The van der Waals surface area contributed by atoms with Crippen molar-refractivity contribution < 1.29 is 42.4 Å². The van der Waals surface area contributed by atoms with E-state index >= 15 is 8.78 Å². The van der Waals surface area contributed by atoms with Crippen LogP contribution in [0, 0.1) is 0 Å². The maximum absolute atomic E-state index is 15.6. The Kier molecular flexibility index (Phi) is 10.7. The van der Waals surface area contributed by atoms with Gasteiger partial charge in [0.25, 0.3) is 0 Å². The van der Waals surface area contributed by atoms with E-state index in [1.54, 1.807) is 24.3 Å². The summed E-state index contributed by atoms with van der Waals surface area (Å²) < 4.78 is 60.2. The van der Waals surface area contributed by atoms with E-state index in [2.05, 4.69) is 4.74 Å². The fraction of sp³-hybridized carbons (Fsp3) is 0.387. The van der Waals surface area contributed by atoms with Crippen LogP contribution in [0.4, 0.5) is 8.78 Å². The first kappa shape index (κ1) is 29.8. The highest BCUT2D eigenvalue weighted by atomic mass is 19.3. The summed E-state index contributed by atoms with van der Waals surface area (Å²) in [6, 6.07) is 27.5. The second kappa shape index (κ2) is 14.4. The van der Waals surface area contributed by atoms with Crippen LogP contribution in [0.5, 0.6) is 0 Å². The standard InChI is InChI=1S/C31H34F2O7/c1-2-36-30(35)31(32,33)29-28(39-21-24-16-10-5-11-17-24)27(38-20-23-14-8-4-9-15-23)26(25(18-34)40-29)37-19-22-12-6-3-7-13-22/h3-17,25-29,34H,2,18-21H2,1H3/t25?,26-,27+,28-,29+/m1/s1. The average Bonchev–Trinajstić information content (AvgIpc) is 2.99. The highest BCUT2D eigenvalue weighted by Gasteiger charge is 2.61. The van der Waals surface area contributed by atoms with Gasteiger partial charge >= 0.3 is 11.9 Å². The molecule has 1 fully saturated rings. The fourth-order valence-electron chi connectivity index (χ4n) is 4.57. The van der Waals surface area contributed by atoms with Gasteiger partial charge in [-0.1, -0.05) is 91.0 Å². The van der Waals surface area contributed by atoms with Gasteiger partial charge in [0.2, 0.25) is 0 Å². The van der Waals surface area contributed by atoms with Gasteiger partial charge in [0.15, 0.2) is 6.10 Å². The second-order valence-corrected chi connectivity index (χ2v) is 9.40. The number of esters is 1. The SMILES string of the molecule is CCOC(=O)C(F)(F)[C@H]1OC(CO)[C@@H](OCc2ccccc2)[C@H](OCc2ccccc2)[C@H]1OCc1ccccc1. The van der Waals surface area contributed by atoms with E-state index in [4.69, 9.17) is 18.9 Å². The van der Waals surface area contributed by atoms with Crippen molar-refractivity contribution in [3.8, 4) is 0 Å². The number of halogens is 2. The van der Waals surface area contributed by atoms with Gasteiger partial charge in [0.05, 0.1) is 33.0 Å². The van der Waals surface area contributed by atoms with Crippen molar-refractivity contribution in [3.63, 3.8) is 0 Å². The Hall–Kier alpha value is -3.21. The minimum atomic E-state index is -4.09. The molecule has 0 bridgehead atoms. The summed E-state index contributed by atoms with van der Waals surface area (Å²) >= 11 is 0. The topological polar surface area (TPSA) is 83.5 Å². The van der Waals surface area contributed by atoms with Crippen LogP contribution in [-0.4, -0.2) is 60.7 Å². The van der Waals surface area contributed by atoms with Gasteiger partial charge in [-0.25, -0.2) is 4.79 Å². The van der Waals surface area contributed by atoms with Crippen LogP contribution in [0.15, 0.2) is 91.0 Å². The first-order valence-electron chi connectivity index (χ1n) is 13.2. The zero-order chi connectivity index (χ0) is 28.4. The second-order valence-electron chi connectivity index (χ2n) is 9.40. The number of aliphatic hydroxyl groups excluding tert-OH is 1. The molecular weight excluding hydrogens is 522 g/mol. The largest absolute Gasteiger partial charge is 0.461 e. The van der Waals surface area contributed by atoms with Crippen LogP contribution >= 0.6 is 0 Å². The summed E-state index contributed by atoms with van der Waals surface area (Å²) in [4.78, 5) is 12.4. The van der Waals surface area contributed by atoms with Crippen LogP contribution in [-0.2, 0) is 48.3 Å². The molecule has 7 nitrogen and oxygen atoms in total. The van der Waals surface area contributed by atoms with E-state index in [0.717, 1.165) is 16.7 Å². The molecule has 0 aromatic heterocycles. The monoisotopic (exact) mass is 556 g/mol. The molecule has 0 radical (unpaired) electrons. The maximum Gasteiger partial charge on any atom is 0.379 e. The Morgan fingerprint density at radius 3 is 1.60 bits per heavy atom. The number of carbonyl (C=O) groups is 1. The predicted molar refractivity (Wildman–Crippen MR) is 142 cm³/mol. The van der Waals surface area contributed by atoms with Crippen molar-refractivity contribution in [2.24, 2.45) is 0 Å². The fourth-order valence-corrected chi connectivity index (χ4v) is 4.57. The molecular formula is C31H34F2O7. The van der Waals surface area contributed by atoms with Crippen LogP contribution in [0.1, 0.15) is 23.6 Å². The van der Waals surface area contributed by atoms with Crippen molar-refractivity contribution in [1.82, 2.24) is 0 Å². The number of carbonyl (C=O) groups excluding carboxylic acids is 1. The lowest BCUT2D eigenvalue weighted by molar-refractivity contribution is -0.306. The molecule has 1 aliphatic heterocycles. The quantitative estimate of drug-likeness (QED) is 0.306. The van der Waals surface area contributed by atoms with Gasteiger partial charge < -0.3 is 28.8 Å². The number of hydrogen-bond donors (Lipinski definition) is 1. The van der Waals surface area contributed by atoms with Crippen LogP contribution in [0.2, 0.25) is 0 Å². The molecule has 1 saturated heterocycles. The molecule has 0 spiro atoms. The van der Waals surface area contributed by atoms with Gasteiger partial charge in [-0.2, -0.15) is 8.78 Å². The summed E-state index contributed by atoms with van der Waals surface area (Å²) in [6.07, 6.45) is -6.92. The first-order chi connectivity index (χ1) is 19.4. The third-order valence-corrected chi connectivity index (χ3v) is 6.57. The van der Waals surface area contributed by atoms with Crippen molar-refractivity contribution in [2.75, 3.05) is 13.2 Å². The minimum absolute atomic E-state index is 0.0509. The number of alkyl halides is 2. The molecule has 0 amide bonds. The van der Waals surface area contributed by atoms with Gasteiger partial charge in [-0.3, -0.25) is 0 Å². The predicted octanol–water partition coefficient (Wildman–Crippen LogP) is 4.70. The van der Waals surface area contributed by atoms with Crippen LogP contribution in [0.3, 0.4) is 0 Å². The van der Waals surface area contributed by atoms with Crippen molar-refractivity contribution >= 4 is 5.97 Å². The Morgan fingerprint density at radius 2 is 1.18 bits per heavy atom. The lowest BCUT2D eigenvalue weighted by atomic mass is 9.90. The molecule has 1 heterocycles. The normalized spacial score (nSPS) is 23.1. The summed E-state index contributed by atoms with van der Waals surface area (Å²) in [6.45, 7) is 0.667. The number of rotatable bonds is 13. The van der Waals surface area contributed by atoms with E-state index in [1.165, 1.54) is 6.92 Å². The molecule has 0 aliphatic carbocycles. The molecule has 3 aromatic carbocycles. The van der Waals surface area contributed by atoms with Gasteiger partial charge in [0, 0.05) is 0 Å². The molecule has 1 aliphatic rings. The molecule has 1 N–H and O–H groups in total. The van der Waals surface area contributed by atoms with Crippen molar-refractivity contribution in [1.29, 1.82) is 0 Å². The molecule has 214 valence electrons. The van der Waals surface area contributed by atoms with E-state index in [1.807, 2.05) is 66.7 Å². The molecule has 3 aromatic rings. The third kappa shape index (κ3) is 7.50. The number of aliphatic hydroxyl groups is 1. The number of ether oxygens (including phenoxy) is 5. The van der Waals surface area contributed by atoms with Gasteiger partial charge in [-0.15, -0.1) is 0 Å². The number of benzene rings is 3. The average molecular weight is 557 g/mol. The Balaban J connectivity index is 1.69. The third-order valence-electron chi connectivity index (χ3n) is 6.57. The summed E-state index contributed by atoms with van der Waals surface area (Å²) in [5, 5.41) is 10.2. The van der Waals surface area contributed by atoms with Crippen molar-refractivity contribution in [2.45, 2.75) is 63.2 Å². The maximum atomic E-state index is 15.6. The number of hydrogen-bond acceptors (Lipinski definition) is 7. The summed E-state index contributed by atoms with van der Waals surface area (Å²) in [5.74, 6) is -5.83. The highest BCUT2D eigenvalue weighted by Crippen LogP contribution is 2.38. The molecule has 1 unspecified atom stereocenters. The lowest BCUT2D eigenvalue weighted by Gasteiger charge is -2.47. The smallest absolute Gasteiger partial charge is 0.379 e. The Morgan fingerprint density at radius 1 is 0.750 bits per heavy atom. The summed E-state index contributed by atoms with van der Waals surface area (Å²) in [5.41, 5.74) is 2.36. The van der Waals surface area contributed by atoms with Crippen LogP contribution in [0.25, 0.3) is 0 Å². The molecule has 4 rings (SSSR count). The molecule has 5 atom stereocenters. The Labute approximate surface area is 232 Å². The summed E-state index contributed by atoms with van der Waals surface area (Å²) in [7, 11) is 0. The minimum Gasteiger partial charge on any atom is -0.461 e. The zero-order valence-electron chi connectivity index (χ0n) is 22.2. The van der Waals surface area contributed by atoms with Gasteiger partial charge in [0.1, 0.15) is 24.4 Å². The first-order valence-corrected chi connectivity index (χ1v) is 13.2. The lowest BCUT2D eigenvalue weighted by Crippen LogP contribution is -2.66. The van der Waals surface area contributed by atoms with Crippen molar-refractivity contribution in [3.05, 3.63) is 108 Å². The highest BCUT2D eigenvalue weighted by molar-refractivity contribution is 5.78. The van der Waals surface area contributed by atoms with E-state index in [9.17, 15) is 9.90 Å². The van der Waals surface area contributed by atoms with E-state index in [0.29, 0.717) is 0 Å². The van der Waals surface area contributed by atoms with E-state index < -0.39 is 49.0 Å². The van der Waals surface area contributed by atoms with E-state index in [-0.39, 0.29) is 26.4 Å². The molecule has 9 heteroatoms. The van der Waals surface area contributed by atoms with Crippen LogP contribution < -0.4 is 0 Å². The zero-order valence-corrected chi connectivity index (χ0v) is 22.2. The van der Waals surface area contributed by atoms with Gasteiger partial charge in [-0.05, 0) is 23.6 Å². The Bertz CT molecular complexity index is 1160.